The number of benzene rings is 2. The SMILES string of the molecule is COc1ccc(NC(=O)C2(Cc3ccccc3)CC2)cc1CO. The lowest BCUT2D eigenvalue weighted by molar-refractivity contribution is -0.121. The number of nitrogens with one attached hydrogen (secondary N) is 1. The van der Waals surface area contributed by atoms with Gasteiger partial charge in [-0.15, -0.1) is 0 Å². The van der Waals surface area contributed by atoms with E-state index in [-0.39, 0.29) is 17.9 Å². The minimum absolute atomic E-state index is 0.0513. The number of methoxy groups -OCH3 is 1. The van der Waals surface area contributed by atoms with Crippen LogP contribution in [0, 0.1) is 5.41 Å². The average Bonchev–Trinajstić information content (AvgIpc) is 3.36. The quantitative estimate of drug-likeness (QED) is 0.861. The summed E-state index contributed by atoms with van der Waals surface area (Å²) in [5.41, 5.74) is 2.25. The molecule has 1 amide bonds. The predicted octanol–water partition coefficient (Wildman–Crippen LogP) is 3.15. The summed E-state index contributed by atoms with van der Waals surface area (Å²) < 4.78 is 5.18. The lowest BCUT2D eigenvalue weighted by atomic mass is 9.95. The smallest absolute Gasteiger partial charge is 0.230 e. The molecule has 1 aliphatic rings. The number of rotatable bonds is 6. The molecule has 23 heavy (non-hydrogen) atoms. The highest BCUT2D eigenvalue weighted by Gasteiger charge is 2.49. The summed E-state index contributed by atoms with van der Waals surface area (Å²) >= 11 is 0. The zero-order valence-corrected chi connectivity index (χ0v) is 13.2. The molecule has 4 heteroatoms. The molecule has 0 aromatic heterocycles. The van der Waals surface area contributed by atoms with Crippen LogP contribution in [0.25, 0.3) is 0 Å². The van der Waals surface area contributed by atoms with Gasteiger partial charge in [-0.2, -0.15) is 0 Å². The van der Waals surface area contributed by atoms with Crippen LogP contribution >= 0.6 is 0 Å². The molecule has 0 heterocycles. The Bertz CT molecular complexity index is 693. The zero-order valence-electron chi connectivity index (χ0n) is 13.2. The highest BCUT2D eigenvalue weighted by molar-refractivity contribution is 5.97. The van der Waals surface area contributed by atoms with Gasteiger partial charge in [-0.25, -0.2) is 0 Å². The van der Waals surface area contributed by atoms with E-state index in [1.165, 1.54) is 5.56 Å². The summed E-state index contributed by atoms with van der Waals surface area (Å²) in [6, 6.07) is 15.4. The van der Waals surface area contributed by atoms with Gasteiger partial charge in [0.1, 0.15) is 5.75 Å². The maximum atomic E-state index is 12.7. The molecule has 3 rings (SSSR count). The molecule has 1 fully saturated rings. The van der Waals surface area contributed by atoms with Crippen molar-refractivity contribution in [2.24, 2.45) is 5.41 Å². The molecule has 0 aliphatic heterocycles. The second-order valence-electron chi connectivity index (χ2n) is 6.08. The molecule has 0 bridgehead atoms. The van der Waals surface area contributed by atoms with Crippen LogP contribution in [0.1, 0.15) is 24.0 Å². The summed E-state index contributed by atoms with van der Waals surface area (Å²) in [6.45, 7) is -0.123. The second kappa shape index (κ2) is 6.42. The van der Waals surface area contributed by atoms with Crippen LogP contribution in [0.3, 0.4) is 0 Å². The van der Waals surface area contributed by atoms with Crippen molar-refractivity contribution in [2.45, 2.75) is 25.9 Å². The number of carbonyl (C=O) groups is 1. The third-order valence-corrected chi connectivity index (χ3v) is 4.43. The van der Waals surface area contributed by atoms with Crippen molar-refractivity contribution in [3.8, 4) is 5.75 Å². The van der Waals surface area contributed by atoms with Crippen molar-refractivity contribution in [3.05, 3.63) is 59.7 Å². The van der Waals surface area contributed by atoms with Crippen LogP contribution in [0.15, 0.2) is 48.5 Å². The fourth-order valence-electron chi connectivity index (χ4n) is 2.87. The highest BCUT2D eigenvalue weighted by atomic mass is 16.5. The Morgan fingerprint density at radius 3 is 2.57 bits per heavy atom. The third kappa shape index (κ3) is 3.37. The molecule has 1 aliphatic carbocycles. The number of hydrogen-bond donors (Lipinski definition) is 2. The molecule has 0 spiro atoms. The summed E-state index contributed by atoms with van der Waals surface area (Å²) in [5.74, 6) is 0.673. The Morgan fingerprint density at radius 2 is 1.96 bits per heavy atom. The standard InChI is InChI=1S/C19H21NO3/c1-23-17-8-7-16(11-15(17)13-21)20-18(22)19(9-10-19)12-14-5-3-2-4-6-14/h2-8,11,21H,9-10,12-13H2,1H3,(H,20,22). The summed E-state index contributed by atoms with van der Waals surface area (Å²) in [5, 5.41) is 12.4. The van der Waals surface area contributed by atoms with E-state index >= 15 is 0 Å². The Labute approximate surface area is 136 Å². The molecule has 0 saturated heterocycles. The van der Waals surface area contributed by atoms with Crippen LogP contribution in [-0.4, -0.2) is 18.1 Å². The molecule has 0 atom stereocenters. The number of amides is 1. The number of aliphatic hydroxyl groups excluding tert-OH is 1. The molecule has 120 valence electrons. The van der Waals surface area contributed by atoms with Gasteiger partial charge in [0.05, 0.1) is 19.1 Å². The van der Waals surface area contributed by atoms with Crippen molar-refractivity contribution in [3.63, 3.8) is 0 Å². The van der Waals surface area contributed by atoms with Crippen molar-refractivity contribution >= 4 is 11.6 Å². The Hall–Kier alpha value is -2.33. The molecular formula is C19H21NO3. The van der Waals surface area contributed by atoms with Gasteiger partial charge in [0, 0.05) is 11.3 Å². The molecule has 0 unspecified atom stereocenters. The third-order valence-electron chi connectivity index (χ3n) is 4.43. The van der Waals surface area contributed by atoms with E-state index in [1.807, 2.05) is 18.2 Å². The van der Waals surface area contributed by atoms with E-state index in [4.69, 9.17) is 4.74 Å². The van der Waals surface area contributed by atoms with Crippen LogP contribution in [0.4, 0.5) is 5.69 Å². The molecule has 1 saturated carbocycles. The average molecular weight is 311 g/mol. The summed E-state index contributed by atoms with van der Waals surface area (Å²) in [6.07, 6.45) is 2.59. The molecular weight excluding hydrogens is 290 g/mol. The Kier molecular flexibility index (Phi) is 4.35. The molecule has 2 aromatic carbocycles. The van der Waals surface area contributed by atoms with E-state index in [2.05, 4.69) is 17.4 Å². The topological polar surface area (TPSA) is 58.6 Å². The Balaban J connectivity index is 1.72. The van der Waals surface area contributed by atoms with Gasteiger partial charge in [-0.1, -0.05) is 30.3 Å². The summed E-state index contributed by atoms with van der Waals surface area (Å²) in [4.78, 5) is 12.7. The number of aliphatic hydroxyl groups is 1. The van der Waals surface area contributed by atoms with E-state index in [0.717, 1.165) is 19.3 Å². The van der Waals surface area contributed by atoms with E-state index < -0.39 is 0 Å². The minimum atomic E-state index is -0.291. The van der Waals surface area contributed by atoms with Crippen molar-refractivity contribution in [2.75, 3.05) is 12.4 Å². The van der Waals surface area contributed by atoms with E-state index in [9.17, 15) is 9.90 Å². The molecule has 4 nitrogen and oxygen atoms in total. The first-order valence-electron chi connectivity index (χ1n) is 7.80. The number of hydrogen-bond acceptors (Lipinski definition) is 3. The van der Waals surface area contributed by atoms with Crippen LogP contribution in [-0.2, 0) is 17.8 Å². The maximum absolute atomic E-state index is 12.7. The number of anilines is 1. The van der Waals surface area contributed by atoms with Gasteiger partial charge in [-0.05, 0) is 43.0 Å². The number of ether oxygens (including phenoxy) is 1. The molecule has 2 N–H and O–H groups in total. The lowest BCUT2D eigenvalue weighted by Gasteiger charge is -2.16. The predicted molar refractivity (Wildman–Crippen MR) is 89.4 cm³/mol. The van der Waals surface area contributed by atoms with Crippen molar-refractivity contribution < 1.29 is 14.6 Å². The second-order valence-corrected chi connectivity index (χ2v) is 6.08. The van der Waals surface area contributed by atoms with Gasteiger partial charge in [-0.3, -0.25) is 4.79 Å². The number of carbonyl (C=O) groups excluding carboxylic acids is 1. The Morgan fingerprint density at radius 1 is 1.22 bits per heavy atom. The highest BCUT2D eigenvalue weighted by Crippen LogP contribution is 2.49. The van der Waals surface area contributed by atoms with Crippen LogP contribution < -0.4 is 10.1 Å². The van der Waals surface area contributed by atoms with Crippen LogP contribution in [0.5, 0.6) is 5.75 Å². The first-order chi connectivity index (χ1) is 11.2. The molecule has 2 aromatic rings. The van der Waals surface area contributed by atoms with E-state index in [1.54, 1.807) is 25.3 Å². The minimum Gasteiger partial charge on any atom is -0.496 e. The van der Waals surface area contributed by atoms with E-state index in [0.29, 0.717) is 17.0 Å². The fourth-order valence-corrected chi connectivity index (χ4v) is 2.87. The normalized spacial score (nSPS) is 15.0. The molecule has 0 radical (unpaired) electrons. The van der Waals surface area contributed by atoms with Gasteiger partial charge < -0.3 is 15.2 Å². The first-order valence-corrected chi connectivity index (χ1v) is 7.80. The first kappa shape index (κ1) is 15.6. The monoisotopic (exact) mass is 311 g/mol. The van der Waals surface area contributed by atoms with Gasteiger partial charge in [0.15, 0.2) is 0 Å². The zero-order chi connectivity index (χ0) is 16.3. The summed E-state index contributed by atoms with van der Waals surface area (Å²) in [7, 11) is 1.56. The van der Waals surface area contributed by atoms with Gasteiger partial charge >= 0.3 is 0 Å². The fraction of sp³-hybridized carbons (Fsp3) is 0.316. The lowest BCUT2D eigenvalue weighted by Crippen LogP contribution is -2.26. The van der Waals surface area contributed by atoms with Gasteiger partial charge in [0.2, 0.25) is 5.91 Å². The maximum Gasteiger partial charge on any atom is 0.230 e. The van der Waals surface area contributed by atoms with Crippen molar-refractivity contribution in [1.29, 1.82) is 0 Å². The van der Waals surface area contributed by atoms with Gasteiger partial charge in [0.25, 0.3) is 0 Å². The van der Waals surface area contributed by atoms with Crippen molar-refractivity contribution in [1.82, 2.24) is 0 Å². The largest absolute Gasteiger partial charge is 0.496 e. The van der Waals surface area contributed by atoms with Crippen LogP contribution in [0.2, 0.25) is 0 Å².